The lowest BCUT2D eigenvalue weighted by Gasteiger charge is -2.03. The molecule has 0 aliphatic carbocycles. The maximum absolute atomic E-state index is 5.32. The average Bonchev–Trinajstić information content (AvgIpc) is 3.27. The van der Waals surface area contributed by atoms with E-state index < -0.39 is 0 Å². The van der Waals surface area contributed by atoms with Crippen LogP contribution in [-0.2, 0) is 0 Å². The molecule has 0 rings (SSSR count). The molecule has 0 aliphatic heterocycles. The van der Waals surface area contributed by atoms with Crippen LogP contribution in [0.15, 0.2) is 0 Å². The number of hydrogen-bond donors (Lipinski definition) is 12. The monoisotopic (exact) mass is 1180 g/mol. The molecule has 0 unspecified atom stereocenters. The van der Waals surface area contributed by atoms with Crippen LogP contribution >= 0.6 is 0 Å². The number of nitrogens with one attached hydrogen (secondary N) is 4. The first-order valence-corrected chi connectivity index (χ1v) is 49.3. The lowest BCUT2D eigenvalue weighted by Crippen LogP contribution is -2.23. The molecule has 0 saturated carbocycles. The Kier molecular flexibility index (Phi) is 210. The first-order valence-electron chi connectivity index (χ1n) is 27.2. The molecule has 0 heterocycles. The van der Waals surface area contributed by atoms with Gasteiger partial charge in [0.1, 0.15) is 0 Å². The summed E-state index contributed by atoms with van der Waals surface area (Å²) in [5.74, 6) is 0. The predicted molar refractivity (Wildman–Crippen MR) is 386 cm³/mol. The zero-order valence-electron chi connectivity index (χ0n) is 46.4. The molecule has 20 N–H and O–H groups in total. The molecule has 12 nitrogen and oxygen atoms in total. The number of nitrogens with two attached hydrogens (primary N) is 8. The van der Waals surface area contributed by atoms with Gasteiger partial charge < -0.3 is 67.1 Å². The van der Waals surface area contributed by atoms with E-state index in [9.17, 15) is 0 Å². The highest BCUT2D eigenvalue weighted by Gasteiger charge is 1.95. The third-order valence-corrected chi connectivity index (χ3v) is 20.1. The molecule has 0 radical (unpaired) electrons. The Labute approximate surface area is 480 Å². The summed E-state index contributed by atoms with van der Waals surface area (Å²) in [4.78, 5) is 0. The third kappa shape index (κ3) is 207. The van der Waals surface area contributed by atoms with Crippen molar-refractivity contribution in [2.75, 3.05) is 105 Å². The van der Waals surface area contributed by atoms with Crippen molar-refractivity contribution in [2.24, 2.45) is 45.9 Å². The van der Waals surface area contributed by atoms with Gasteiger partial charge in [-0.05, 0) is 104 Å². The Morgan fingerprint density at radius 2 is 0.431 bits per heavy atom. The van der Waals surface area contributed by atoms with E-state index >= 15 is 0 Å². The summed E-state index contributed by atoms with van der Waals surface area (Å²) in [5.41, 5.74) is 42.3. The summed E-state index contributed by atoms with van der Waals surface area (Å²) in [6.45, 7) is 43.5. The lowest BCUT2D eigenvalue weighted by atomic mass is 10.5. The fourth-order valence-corrected chi connectivity index (χ4v) is 12.2. The molecule has 0 aromatic rings. The molecule has 20 heteroatoms. The van der Waals surface area contributed by atoms with Crippen molar-refractivity contribution < 1.29 is 0 Å². The van der Waals surface area contributed by atoms with Crippen molar-refractivity contribution in [1.29, 1.82) is 0 Å². The fourth-order valence-electron chi connectivity index (χ4n) is 5.02. The predicted octanol–water partition coefficient (Wildman–Crippen LogP) is 6.62. The number of rotatable bonds is 36. The molecule has 0 saturated heterocycles. The molecule has 0 aromatic heterocycles. The lowest BCUT2D eigenvalue weighted by molar-refractivity contribution is 0.676. The molecular weight excluding hydrogens is 1020 g/mol. The molecule has 0 bridgehead atoms. The smallest absolute Gasteiger partial charge is 0.0306 e. The third-order valence-electron chi connectivity index (χ3n) is 9.06. The normalized spacial score (nSPS) is 9.67. The van der Waals surface area contributed by atoms with Crippen LogP contribution in [0.25, 0.3) is 0 Å². The molecular formula is C52H164N12Si8. The van der Waals surface area contributed by atoms with Crippen molar-refractivity contribution in [3.63, 3.8) is 0 Å². The summed E-state index contributed by atoms with van der Waals surface area (Å²) >= 11 is 0. The second kappa shape index (κ2) is 129. The van der Waals surface area contributed by atoms with E-state index in [4.69, 9.17) is 45.9 Å². The van der Waals surface area contributed by atoms with Crippen molar-refractivity contribution in [1.82, 2.24) is 21.3 Å². The molecule has 0 fully saturated rings. The van der Waals surface area contributed by atoms with Crippen LogP contribution in [0, 0.1) is 0 Å². The van der Waals surface area contributed by atoms with Crippen molar-refractivity contribution in [3.8, 4) is 0 Å². The van der Waals surface area contributed by atoms with E-state index in [1.807, 2.05) is 0 Å². The summed E-state index contributed by atoms with van der Waals surface area (Å²) in [7, 11) is 0.140. The second-order valence-electron chi connectivity index (χ2n) is 18.3. The van der Waals surface area contributed by atoms with Crippen LogP contribution in [-0.4, -0.2) is 178 Å². The van der Waals surface area contributed by atoms with E-state index in [0.29, 0.717) is 38.1 Å². The van der Waals surface area contributed by atoms with E-state index in [0.717, 1.165) is 105 Å². The van der Waals surface area contributed by atoms with Gasteiger partial charge in [-0.1, -0.05) is 186 Å². The van der Waals surface area contributed by atoms with E-state index in [2.05, 4.69) is 99.8 Å². The van der Waals surface area contributed by atoms with Gasteiger partial charge in [-0.2, -0.15) is 0 Å². The van der Waals surface area contributed by atoms with Gasteiger partial charge in [-0.3, -0.25) is 0 Å². The SMILES string of the molecule is C.C.C.C.C.C.C.C.C[SiH2]CCCN.C[SiH2]CCCN.C[SiH2]CCCNCCN.C[SiH2]CCCNCCN.C[SiH](C)CCCN.C[SiH](C)CCCN.C[SiH](C)CCCNCCN.C[SiH](C)CCCNCCN. The average molecular weight is 1180 g/mol. The molecule has 0 aromatic carbocycles. The zero-order valence-corrected chi connectivity index (χ0v) is 56.7. The highest BCUT2D eigenvalue weighted by Crippen LogP contribution is 1.96. The van der Waals surface area contributed by atoms with Crippen molar-refractivity contribution in [3.05, 3.63) is 0 Å². The number of hydrogen-bond acceptors (Lipinski definition) is 12. The Bertz CT molecular complexity index is 594. The first kappa shape index (κ1) is 117. The minimum absolute atomic E-state index is 0. The van der Waals surface area contributed by atoms with Crippen LogP contribution in [0.1, 0.15) is 111 Å². The molecule has 72 heavy (non-hydrogen) atoms. The van der Waals surface area contributed by atoms with Crippen molar-refractivity contribution in [2.45, 2.75) is 238 Å². The van der Waals surface area contributed by atoms with Gasteiger partial charge in [0.05, 0.1) is 0 Å². The first-order chi connectivity index (χ1) is 30.7. The zero-order chi connectivity index (χ0) is 50.6. The van der Waals surface area contributed by atoms with Crippen LogP contribution in [0.5, 0.6) is 0 Å². The van der Waals surface area contributed by atoms with Gasteiger partial charge in [-0.15, -0.1) is 0 Å². The fraction of sp³-hybridized carbons (Fsp3) is 1.00. The Morgan fingerprint density at radius 1 is 0.250 bits per heavy atom. The molecule has 0 atom stereocenters. The maximum Gasteiger partial charge on any atom is 0.0306 e. The van der Waals surface area contributed by atoms with Crippen molar-refractivity contribution >= 4 is 73.3 Å². The highest BCUT2D eigenvalue weighted by molar-refractivity contribution is 6.56. The van der Waals surface area contributed by atoms with Gasteiger partial charge in [0, 0.05) is 126 Å². The van der Waals surface area contributed by atoms with E-state index in [1.165, 1.54) is 99.7 Å². The van der Waals surface area contributed by atoms with Crippen LogP contribution in [0.3, 0.4) is 0 Å². The maximum atomic E-state index is 5.32. The Morgan fingerprint density at radius 3 is 0.569 bits per heavy atom. The van der Waals surface area contributed by atoms with Gasteiger partial charge in [0.25, 0.3) is 0 Å². The summed E-state index contributed by atoms with van der Waals surface area (Å²) in [6, 6.07) is 11.5. The molecule has 0 aliphatic rings. The largest absolute Gasteiger partial charge is 0.330 e. The Hall–Kier alpha value is 1.26. The van der Waals surface area contributed by atoms with Gasteiger partial charge in [-0.25, -0.2) is 0 Å². The van der Waals surface area contributed by atoms with Crippen LogP contribution in [0.4, 0.5) is 0 Å². The minimum atomic E-state index is -0.293. The summed E-state index contributed by atoms with van der Waals surface area (Å²) in [5, 5.41) is 13.1. The summed E-state index contributed by atoms with van der Waals surface area (Å²) < 4.78 is 0. The van der Waals surface area contributed by atoms with E-state index in [1.54, 1.807) is 0 Å². The van der Waals surface area contributed by atoms with Gasteiger partial charge >= 0.3 is 0 Å². The second-order valence-corrected chi connectivity index (χ2v) is 38.6. The van der Waals surface area contributed by atoms with Gasteiger partial charge in [0.15, 0.2) is 0 Å². The van der Waals surface area contributed by atoms with Crippen LogP contribution in [0.2, 0.25) is 127 Å². The van der Waals surface area contributed by atoms with E-state index in [-0.39, 0.29) is 94.6 Å². The molecule has 0 amide bonds. The summed E-state index contributed by atoms with van der Waals surface area (Å²) in [6.07, 6.45) is 10.4. The minimum Gasteiger partial charge on any atom is -0.330 e. The standard InChI is InChI=1S/2C7H20N2Si.2C6H18N2Si.2C5H15NSi.2C4H13NSi.8CH4/c2*1-10(2)7-3-5-9-6-4-8;2*1-9-6-2-4-8-5-3-7;2*1-7(2)5-3-4-6;2*1-6-4-2-3-5;;;;;;;;/h2*9-10H,3-8H2,1-2H3;2*8H,2-7,9H2,1H3;2*7H,3-6H2,1-2H3;2*2-6H2,1H3;8*1H4. The topological polar surface area (TPSA) is 256 Å². The van der Waals surface area contributed by atoms with Crippen LogP contribution < -0.4 is 67.1 Å². The quantitative estimate of drug-likeness (QED) is 0.0234. The highest BCUT2D eigenvalue weighted by atomic mass is 28.3. The van der Waals surface area contributed by atoms with Gasteiger partial charge in [0.2, 0.25) is 0 Å². The Balaban J connectivity index is -0.0000000352. The molecule has 0 spiro atoms. The molecule has 464 valence electrons.